The molecule has 18 heavy (non-hydrogen) atoms. The van der Waals surface area contributed by atoms with Crippen LogP contribution in [0.4, 0.5) is 0 Å². The van der Waals surface area contributed by atoms with E-state index in [-0.39, 0.29) is 5.54 Å². The molecule has 0 aliphatic carbocycles. The maximum atomic E-state index is 9.80. The molecule has 0 aliphatic heterocycles. The van der Waals surface area contributed by atoms with Crippen molar-refractivity contribution in [3.8, 4) is 5.75 Å². The zero-order valence-corrected chi connectivity index (χ0v) is 13.0. The minimum absolute atomic E-state index is 0.00911. The van der Waals surface area contributed by atoms with Crippen LogP contribution in [0.5, 0.6) is 5.75 Å². The fourth-order valence-electron chi connectivity index (χ4n) is 1.38. The molecule has 102 valence electrons. The van der Waals surface area contributed by atoms with Crippen LogP contribution in [0.15, 0.2) is 22.7 Å². The summed E-state index contributed by atoms with van der Waals surface area (Å²) in [5, 5.41) is 13.0. The Kier molecular flexibility index (Phi) is 5.63. The smallest absolute Gasteiger partial charge is 0.119 e. The van der Waals surface area contributed by atoms with E-state index in [2.05, 4.69) is 42.0 Å². The monoisotopic (exact) mass is 315 g/mol. The van der Waals surface area contributed by atoms with Gasteiger partial charge in [-0.1, -0.05) is 15.9 Å². The first-order chi connectivity index (χ1) is 8.28. The number of aliphatic hydroxyl groups is 1. The van der Waals surface area contributed by atoms with Gasteiger partial charge in [0.15, 0.2) is 0 Å². The summed E-state index contributed by atoms with van der Waals surface area (Å²) in [6, 6.07) is 5.79. The summed E-state index contributed by atoms with van der Waals surface area (Å²) in [5.74, 6) is 0.783. The SMILES string of the molecule is Cc1cc(OCC(O)CNC(C)(C)C)ccc1Br. The van der Waals surface area contributed by atoms with E-state index in [1.54, 1.807) is 0 Å². The van der Waals surface area contributed by atoms with Crippen molar-refractivity contribution in [3.63, 3.8) is 0 Å². The predicted molar refractivity (Wildman–Crippen MR) is 78.1 cm³/mol. The molecule has 4 heteroatoms. The first kappa shape index (κ1) is 15.5. The van der Waals surface area contributed by atoms with Gasteiger partial charge in [0.05, 0.1) is 0 Å². The number of benzene rings is 1. The van der Waals surface area contributed by atoms with Crippen molar-refractivity contribution in [3.05, 3.63) is 28.2 Å². The Labute approximate surface area is 118 Å². The standard InChI is InChI=1S/C14H22BrNO2/c1-10-7-12(5-6-13(10)15)18-9-11(17)8-16-14(2,3)4/h5-7,11,16-17H,8-9H2,1-4H3. The molecule has 3 nitrogen and oxygen atoms in total. The average molecular weight is 316 g/mol. The molecule has 0 fully saturated rings. The Hall–Kier alpha value is -0.580. The lowest BCUT2D eigenvalue weighted by molar-refractivity contribution is 0.100. The Morgan fingerprint density at radius 2 is 2.06 bits per heavy atom. The van der Waals surface area contributed by atoms with Crippen LogP contribution in [-0.2, 0) is 0 Å². The molecule has 0 radical (unpaired) electrons. The van der Waals surface area contributed by atoms with E-state index < -0.39 is 6.10 Å². The second kappa shape index (κ2) is 6.55. The molecule has 1 unspecified atom stereocenters. The summed E-state index contributed by atoms with van der Waals surface area (Å²) in [6.07, 6.45) is -0.506. The summed E-state index contributed by atoms with van der Waals surface area (Å²) in [6.45, 7) is 9.04. The van der Waals surface area contributed by atoms with Gasteiger partial charge in [-0.25, -0.2) is 0 Å². The lowest BCUT2D eigenvalue weighted by Gasteiger charge is -2.23. The number of halogens is 1. The van der Waals surface area contributed by atoms with E-state index in [9.17, 15) is 5.11 Å². The number of nitrogens with one attached hydrogen (secondary N) is 1. The van der Waals surface area contributed by atoms with Crippen molar-refractivity contribution < 1.29 is 9.84 Å². The number of aryl methyl sites for hydroxylation is 1. The fraction of sp³-hybridized carbons (Fsp3) is 0.571. The Morgan fingerprint density at radius 1 is 1.39 bits per heavy atom. The molecule has 1 rings (SSSR count). The number of rotatable bonds is 5. The molecular formula is C14H22BrNO2. The predicted octanol–water partition coefficient (Wildman–Crippen LogP) is 2.89. The molecule has 1 aromatic carbocycles. The van der Waals surface area contributed by atoms with Gasteiger partial charge in [-0.05, 0) is 51.5 Å². The summed E-state index contributed by atoms with van der Waals surface area (Å²) >= 11 is 3.44. The van der Waals surface area contributed by atoms with Crippen molar-refractivity contribution in [2.75, 3.05) is 13.2 Å². The maximum Gasteiger partial charge on any atom is 0.119 e. The van der Waals surface area contributed by atoms with E-state index in [1.165, 1.54) is 0 Å². The lowest BCUT2D eigenvalue weighted by atomic mass is 10.1. The summed E-state index contributed by atoms with van der Waals surface area (Å²) in [4.78, 5) is 0. The van der Waals surface area contributed by atoms with Crippen LogP contribution in [0, 0.1) is 6.92 Å². The molecule has 0 heterocycles. The largest absolute Gasteiger partial charge is 0.491 e. The molecule has 0 bridgehead atoms. The molecule has 1 atom stereocenters. The lowest BCUT2D eigenvalue weighted by Crippen LogP contribution is -2.42. The first-order valence-electron chi connectivity index (χ1n) is 6.10. The van der Waals surface area contributed by atoms with Crippen LogP contribution in [0.1, 0.15) is 26.3 Å². The van der Waals surface area contributed by atoms with Gasteiger partial charge in [0.25, 0.3) is 0 Å². The number of β-amino-alcohol motifs (C(OH)–C–C–N with tert-alkyl or cyclic N) is 1. The topological polar surface area (TPSA) is 41.5 Å². The van der Waals surface area contributed by atoms with Crippen LogP contribution in [0.3, 0.4) is 0 Å². The van der Waals surface area contributed by atoms with Crippen LogP contribution < -0.4 is 10.1 Å². The summed E-state index contributed by atoms with van der Waals surface area (Å²) in [5.41, 5.74) is 1.13. The van der Waals surface area contributed by atoms with Crippen LogP contribution >= 0.6 is 15.9 Å². The Bertz CT molecular complexity index is 388. The zero-order chi connectivity index (χ0) is 13.8. The van der Waals surface area contributed by atoms with E-state index in [4.69, 9.17) is 4.74 Å². The van der Waals surface area contributed by atoms with Gasteiger partial charge < -0.3 is 15.2 Å². The minimum atomic E-state index is -0.506. The number of ether oxygens (including phenoxy) is 1. The van der Waals surface area contributed by atoms with E-state index in [0.29, 0.717) is 13.2 Å². The molecule has 0 aromatic heterocycles. The van der Waals surface area contributed by atoms with Gasteiger partial charge in [0, 0.05) is 16.6 Å². The molecule has 0 saturated heterocycles. The molecule has 0 spiro atoms. The third kappa shape index (κ3) is 5.85. The van der Waals surface area contributed by atoms with Gasteiger partial charge in [-0.15, -0.1) is 0 Å². The van der Waals surface area contributed by atoms with Crippen LogP contribution in [-0.4, -0.2) is 29.9 Å². The molecular weight excluding hydrogens is 294 g/mol. The normalized spacial score (nSPS) is 13.4. The molecule has 0 aliphatic rings. The zero-order valence-electron chi connectivity index (χ0n) is 11.5. The maximum absolute atomic E-state index is 9.80. The Morgan fingerprint density at radius 3 is 2.61 bits per heavy atom. The molecule has 0 saturated carbocycles. The van der Waals surface area contributed by atoms with Gasteiger partial charge in [0.1, 0.15) is 18.5 Å². The molecule has 0 amide bonds. The Balaban J connectivity index is 2.38. The van der Waals surface area contributed by atoms with Crippen molar-refractivity contribution in [2.45, 2.75) is 39.3 Å². The highest BCUT2D eigenvalue weighted by molar-refractivity contribution is 9.10. The average Bonchev–Trinajstić information content (AvgIpc) is 2.27. The third-order valence-electron chi connectivity index (χ3n) is 2.44. The van der Waals surface area contributed by atoms with Crippen molar-refractivity contribution in [1.82, 2.24) is 5.32 Å². The van der Waals surface area contributed by atoms with Crippen molar-refractivity contribution in [2.24, 2.45) is 0 Å². The van der Waals surface area contributed by atoms with Gasteiger partial charge >= 0.3 is 0 Å². The van der Waals surface area contributed by atoms with Crippen LogP contribution in [0.2, 0.25) is 0 Å². The van der Waals surface area contributed by atoms with E-state index in [0.717, 1.165) is 15.8 Å². The second-order valence-corrected chi connectivity index (χ2v) is 6.36. The summed E-state index contributed by atoms with van der Waals surface area (Å²) < 4.78 is 6.62. The highest BCUT2D eigenvalue weighted by atomic mass is 79.9. The van der Waals surface area contributed by atoms with Crippen LogP contribution in [0.25, 0.3) is 0 Å². The van der Waals surface area contributed by atoms with E-state index in [1.807, 2.05) is 25.1 Å². The van der Waals surface area contributed by atoms with Gasteiger partial charge in [0.2, 0.25) is 0 Å². The number of hydrogen-bond donors (Lipinski definition) is 2. The highest BCUT2D eigenvalue weighted by Crippen LogP contribution is 2.21. The number of hydrogen-bond acceptors (Lipinski definition) is 3. The van der Waals surface area contributed by atoms with Gasteiger partial charge in [-0.3, -0.25) is 0 Å². The number of aliphatic hydroxyl groups excluding tert-OH is 1. The summed E-state index contributed by atoms with van der Waals surface area (Å²) in [7, 11) is 0. The van der Waals surface area contributed by atoms with Crippen molar-refractivity contribution in [1.29, 1.82) is 0 Å². The quantitative estimate of drug-likeness (QED) is 0.878. The third-order valence-corrected chi connectivity index (χ3v) is 3.33. The highest BCUT2D eigenvalue weighted by Gasteiger charge is 2.12. The fourth-order valence-corrected chi connectivity index (χ4v) is 1.63. The van der Waals surface area contributed by atoms with Crippen molar-refractivity contribution >= 4 is 15.9 Å². The second-order valence-electron chi connectivity index (χ2n) is 5.51. The molecule has 1 aromatic rings. The first-order valence-corrected chi connectivity index (χ1v) is 6.89. The van der Waals surface area contributed by atoms with E-state index >= 15 is 0 Å². The van der Waals surface area contributed by atoms with Gasteiger partial charge in [-0.2, -0.15) is 0 Å². The molecule has 2 N–H and O–H groups in total. The minimum Gasteiger partial charge on any atom is -0.491 e.